The van der Waals surface area contributed by atoms with Crippen molar-refractivity contribution in [2.75, 3.05) is 6.61 Å². The highest BCUT2D eigenvalue weighted by Gasteiger charge is 2.20. The van der Waals surface area contributed by atoms with Crippen LogP contribution < -0.4 is 0 Å². The van der Waals surface area contributed by atoms with Crippen LogP contribution >= 0.6 is 0 Å². The predicted molar refractivity (Wildman–Crippen MR) is 92.4 cm³/mol. The quantitative estimate of drug-likeness (QED) is 0.360. The molecule has 0 saturated carbocycles. The van der Waals surface area contributed by atoms with Gasteiger partial charge in [-0.25, -0.2) is 0 Å². The van der Waals surface area contributed by atoms with Gasteiger partial charge in [0.2, 0.25) is 0 Å². The van der Waals surface area contributed by atoms with Gasteiger partial charge in [-0.2, -0.15) is 0 Å². The number of rotatable bonds is 11. The molecule has 0 aliphatic rings. The van der Waals surface area contributed by atoms with Crippen LogP contribution in [0.4, 0.5) is 0 Å². The molecule has 0 amide bonds. The Bertz CT molecular complexity index is 551. The van der Waals surface area contributed by atoms with Gasteiger partial charge in [-0.1, -0.05) is 39.0 Å². The summed E-state index contributed by atoms with van der Waals surface area (Å²) in [4.78, 5) is 24.1. The van der Waals surface area contributed by atoms with Crippen molar-refractivity contribution in [3.05, 3.63) is 23.3 Å². The molecule has 5 heteroatoms. The van der Waals surface area contributed by atoms with E-state index in [4.69, 9.17) is 4.74 Å². The van der Waals surface area contributed by atoms with Crippen molar-refractivity contribution in [3.63, 3.8) is 0 Å². The van der Waals surface area contributed by atoms with Gasteiger partial charge in [-0.15, -0.1) is 0 Å². The smallest absolute Gasteiger partial charge is 0.310 e. The molecule has 0 heterocycles. The number of carbonyl (C=O) groups is 2. The number of phenolic OH excluding ortho intramolecular Hbond substituents is 2. The summed E-state index contributed by atoms with van der Waals surface area (Å²) in [6, 6.07) is 2.47. The molecule has 1 aromatic carbocycles. The number of hydrogen-bond donors (Lipinski definition) is 2. The molecule has 0 aliphatic carbocycles. The van der Waals surface area contributed by atoms with E-state index in [1.54, 1.807) is 6.92 Å². The molecular weight excluding hydrogens is 308 g/mol. The maximum absolute atomic E-state index is 12.4. The minimum atomic E-state index is -0.490. The lowest BCUT2D eigenvalue weighted by Gasteiger charge is -2.11. The molecule has 0 unspecified atom stereocenters. The highest BCUT2D eigenvalue weighted by atomic mass is 16.5. The molecule has 0 bridgehead atoms. The fourth-order valence-corrected chi connectivity index (χ4v) is 2.69. The molecule has 0 fully saturated rings. The highest BCUT2D eigenvalue weighted by Crippen LogP contribution is 2.29. The van der Waals surface area contributed by atoms with Crippen LogP contribution in [-0.2, 0) is 16.0 Å². The predicted octanol–water partition coefficient (Wildman–Crippen LogP) is 4.14. The Hall–Kier alpha value is -2.04. The molecule has 0 saturated heterocycles. The summed E-state index contributed by atoms with van der Waals surface area (Å²) in [5.74, 6) is -1.16. The van der Waals surface area contributed by atoms with E-state index in [1.807, 2.05) is 0 Å². The van der Waals surface area contributed by atoms with Crippen molar-refractivity contribution < 1.29 is 24.5 Å². The number of unbranched alkanes of at least 4 members (excludes halogenated alkanes) is 5. The number of esters is 1. The summed E-state index contributed by atoms with van der Waals surface area (Å²) in [7, 11) is 0. The standard InChI is InChI=1S/C19H28O5/c1-3-5-6-7-8-9-10-16(21)19-14(12-18(23)24-4-2)11-15(20)13-17(19)22/h11,13,20,22H,3-10,12H2,1-2H3. The van der Waals surface area contributed by atoms with Crippen LogP contribution in [0.3, 0.4) is 0 Å². The molecular formula is C19H28O5. The SMILES string of the molecule is CCCCCCCCC(=O)c1c(O)cc(O)cc1CC(=O)OCC. The maximum Gasteiger partial charge on any atom is 0.310 e. The minimum absolute atomic E-state index is 0.120. The molecule has 2 N–H and O–H groups in total. The zero-order chi connectivity index (χ0) is 17.9. The largest absolute Gasteiger partial charge is 0.508 e. The number of Topliss-reactive ketones (excluding diaryl/α,β-unsaturated/α-hetero) is 1. The number of phenols is 2. The molecule has 1 rings (SSSR count). The summed E-state index contributed by atoms with van der Waals surface area (Å²) in [6.45, 7) is 4.09. The van der Waals surface area contributed by atoms with E-state index >= 15 is 0 Å². The van der Waals surface area contributed by atoms with Gasteiger partial charge in [-0.05, 0) is 25.0 Å². The zero-order valence-electron chi connectivity index (χ0n) is 14.6. The first-order valence-electron chi connectivity index (χ1n) is 8.73. The lowest BCUT2D eigenvalue weighted by molar-refractivity contribution is -0.142. The summed E-state index contributed by atoms with van der Waals surface area (Å²) in [6.07, 6.45) is 6.54. The van der Waals surface area contributed by atoms with Gasteiger partial charge in [0.25, 0.3) is 0 Å². The number of aromatic hydroxyl groups is 2. The van der Waals surface area contributed by atoms with E-state index < -0.39 is 5.97 Å². The molecule has 5 nitrogen and oxygen atoms in total. The average Bonchev–Trinajstić information content (AvgIpc) is 2.50. The second kappa shape index (κ2) is 10.7. The Morgan fingerprint density at radius 3 is 2.33 bits per heavy atom. The molecule has 0 atom stereocenters. The van der Waals surface area contributed by atoms with Gasteiger partial charge in [0.15, 0.2) is 5.78 Å². The monoisotopic (exact) mass is 336 g/mol. The van der Waals surface area contributed by atoms with E-state index in [0.29, 0.717) is 12.0 Å². The molecule has 1 aromatic rings. The van der Waals surface area contributed by atoms with Crippen molar-refractivity contribution in [1.29, 1.82) is 0 Å². The Balaban J connectivity index is 2.73. The summed E-state index contributed by atoms with van der Waals surface area (Å²) in [5.41, 5.74) is 0.427. The Morgan fingerprint density at radius 1 is 1.00 bits per heavy atom. The number of hydrogen-bond acceptors (Lipinski definition) is 5. The van der Waals surface area contributed by atoms with E-state index in [0.717, 1.165) is 25.3 Å². The Morgan fingerprint density at radius 2 is 1.67 bits per heavy atom. The van der Waals surface area contributed by atoms with Crippen molar-refractivity contribution >= 4 is 11.8 Å². The first-order chi connectivity index (χ1) is 11.5. The lowest BCUT2D eigenvalue weighted by Crippen LogP contribution is -2.12. The number of ether oxygens (including phenoxy) is 1. The van der Waals surface area contributed by atoms with E-state index in [9.17, 15) is 19.8 Å². The van der Waals surface area contributed by atoms with Crippen LogP contribution in [0.1, 0.15) is 74.7 Å². The van der Waals surface area contributed by atoms with Crippen molar-refractivity contribution in [2.24, 2.45) is 0 Å². The van der Waals surface area contributed by atoms with Crippen LogP contribution in [-0.4, -0.2) is 28.6 Å². The maximum atomic E-state index is 12.4. The summed E-state index contributed by atoms with van der Waals surface area (Å²) in [5, 5.41) is 19.6. The fraction of sp³-hybridized carbons (Fsp3) is 0.579. The first-order valence-corrected chi connectivity index (χ1v) is 8.73. The minimum Gasteiger partial charge on any atom is -0.508 e. The van der Waals surface area contributed by atoms with Crippen LogP contribution in [0.5, 0.6) is 11.5 Å². The van der Waals surface area contributed by atoms with Crippen molar-refractivity contribution in [2.45, 2.75) is 65.2 Å². The molecule has 134 valence electrons. The van der Waals surface area contributed by atoms with Crippen molar-refractivity contribution in [3.8, 4) is 11.5 Å². The third-order valence-corrected chi connectivity index (χ3v) is 3.86. The Labute approximate surface area is 143 Å². The topological polar surface area (TPSA) is 83.8 Å². The zero-order valence-corrected chi connectivity index (χ0v) is 14.6. The molecule has 24 heavy (non-hydrogen) atoms. The lowest BCUT2D eigenvalue weighted by atomic mass is 9.96. The summed E-state index contributed by atoms with van der Waals surface area (Å²) < 4.78 is 4.88. The second-order valence-corrected chi connectivity index (χ2v) is 5.92. The third-order valence-electron chi connectivity index (χ3n) is 3.86. The normalized spacial score (nSPS) is 10.6. The van der Waals surface area contributed by atoms with Gasteiger partial charge in [-0.3, -0.25) is 9.59 Å². The number of carbonyl (C=O) groups excluding carboxylic acids is 2. The Kier molecular flexibility index (Phi) is 8.90. The van der Waals surface area contributed by atoms with Crippen LogP contribution in [0.2, 0.25) is 0 Å². The molecule has 0 aliphatic heterocycles. The van der Waals surface area contributed by atoms with Gasteiger partial charge in [0.1, 0.15) is 11.5 Å². The van der Waals surface area contributed by atoms with Crippen LogP contribution in [0.15, 0.2) is 12.1 Å². The highest BCUT2D eigenvalue weighted by molar-refractivity contribution is 6.01. The third kappa shape index (κ3) is 6.60. The van der Waals surface area contributed by atoms with Gasteiger partial charge in [0.05, 0.1) is 18.6 Å². The molecule has 0 radical (unpaired) electrons. The number of ketones is 1. The van der Waals surface area contributed by atoms with E-state index in [1.165, 1.54) is 25.3 Å². The first kappa shape index (κ1) is 20.0. The summed E-state index contributed by atoms with van der Waals surface area (Å²) >= 11 is 0. The van der Waals surface area contributed by atoms with E-state index in [2.05, 4.69) is 6.92 Å². The van der Waals surface area contributed by atoms with Crippen LogP contribution in [0, 0.1) is 0 Å². The van der Waals surface area contributed by atoms with Crippen molar-refractivity contribution in [1.82, 2.24) is 0 Å². The van der Waals surface area contributed by atoms with Gasteiger partial charge in [0, 0.05) is 12.5 Å². The average molecular weight is 336 g/mol. The van der Waals surface area contributed by atoms with Gasteiger partial charge < -0.3 is 14.9 Å². The second-order valence-electron chi connectivity index (χ2n) is 5.92. The van der Waals surface area contributed by atoms with E-state index in [-0.39, 0.29) is 35.9 Å². The van der Waals surface area contributed by atoms with Gasteiger partial charge >= 0.3 is 5.97 Å². The fourth-order valence-electron chi connectivity index (χ4n) is 2.69. The molecule has 0 spiro atoms. The van der Waals surface area contributed by atoms with Crippen LogP contribution in [0.25, 0.3) is 0 Å². The number of benzene rings is 1. The molecule has 0 aromatic heterocycles.